The smallest absolute Gasteiger partial charge is 0.387 e. The molecule has 3 nitrogen and oxygen atoms in total. The topological polar surface area (TPSA) is 30.5 Å². The molecule has 1 aliphatic heterocycles. The molecular weight excluding hydrogens is 240 g/mol. The summed E-state index contributed by atoms with van der Waals surface area (Å²) in [6.07, 6.45) is 2.34. The molecule has 1 aromatic rings. The van der Waals surface area contributed by atoms with Gasteiger partial charge in [-0.15, -0.1) is 0 Å². The summed E-state index contributed by atoms with van der Waals surface area (Å²) in [6.45, 7) is -0.279. The van der Waals surface area contributed by atoms with E-state index >= 15 is 0 Å². The highest BCUT2D eigenvalue weighted by molar-refractivity contribution is 5.26. The van der Waals surface area contributed by atoms with Gasteiger partial charge in [-0.2, -0.15) is 8.78 Å². The lowest BCUT2D eigenvalue weighted by molar-refractivity contribution is -0.0498. The van der Waals surface area contributed by atoms with Gasteiger partial charge in [0, 0.05) is 0 Å². The van der Waals surface area contributed by atoms with Crippen LogP contribution in [0.3, 0.4) is 0 Å². The molecule has 0 bridgehead atoms. The van der Waals surface area contributed by atoms with E-state index in [1.54, 1.807) is 12.1 Å². The number of nitrogens with one attached hydrogen (secondary N) is 1. The van der Waals surface area contributed by atoms with E-state index in [4.69, 9.17) is 4.74 Å². The van der Waals surface area contributed by atoms with Crippen molar-refractivity contribution in [3.63, 3.8) is 0 Å². The van der Waals surface area contributed by atoms with Gasteiger partial charge in [0.15, 0.2) is 0 Å². The zero-order valence-corrected chi connectivity index (χ0v) is 10.1. The van der Waals surface area contributed by atoms with Crippen LogP contribution in [0, 0.1) is 0 Å². The van der Waals surface area contributed by atoms with Crippen molar-refractivity contribution < 1.29 is 18.3 Å². The predicted octanol–water partition coefficient (Wildman–Crippen LogP) is 2.56. The van der Waals surface area contributed by atoms with E-state index in [0.717, 1.165) is 31.5 Å². The van der Waals surface area contributed by atoms with Crippen LogP contribution < -0.4 is 10.1 Å². The van der Waals surface area contributed by atoms with E-state index in [0.29, 0.717) is 12.7 Å². The highest BCUT2D eigenvalue weighted by Crippen LogP contribution is 2.16. The molecule has 0 saturated carbocycles. The lowest BCUT2D eigenvalue weighted by Crippen LogP contribution is -2.32. The van der Waals surface area contributed by atoms with Gasteiger partial charge in [0.05, 0.1) is 12.7 Å². The quantitative estimate of drug-likeness (QED) is 0.879. The highest BCUT2D eigenvalue weighted by atomic mass is 19.3. The predicted molar refractivity (Wildman–Crippen MR) is 63.8 cm³/mol. The van der Waals surface area contributed by atoms with Gasteiger partial charge >= 0.3 is 6.61 Å². The third-order valence-electron chi connectivity index (χ3n) is 2.92. The first-order valence-electron chi connectivity index (χ1n) is 6.10. The Morgan fingerprint density at radius 2 is 1.83 bits per heavy atom. The Kier molecular flexibility index (Phi) is 4.90. The molecule has 5 heteroatoms. The minimum atomic E-state index is -2.78. The third kappa shape index (κ3) is 4.23. The van der Waals surface area contributed by atoms with E-state index in [2.05, 4.69) is 10.1 Å². The second-order valence-electron chi connectivity index (χ2n) is 4.28. The van der Waals surface area contributed by atoms with Gasteiger partial charge in [-0.1, -0.05) is 12.1 Å². The minimum absolute atomic E-state index is 0.176. The van der Waals surface area contributed by atoms with Crippen molar-refractivity contribution in [1.82, 2.24) is 5.32 Å². The fourth-order valence-corrected chi connectivity index (χ4v) is 1.94. The zero-order chi connectivity index (χ0) is 12.8. The number of alkyl halides is 2. The van der Waals surface area contributed by atoms with Crippen LogP contribution in [0.1, 0.15) is 18.4 Å². The lowest BCUT2D eigenvalue weighted by atomic mass is 10.1. The first kappa shape index (κ1) is 13.2. The minimum Gasteiger partial charge on any atom is -0.435 e. The largest absolute Gasteiger partial charge is 0.435 e. The number of hydrogen-bond donors (Lipinski definition) is 1. The summed E-state index contributed by atoms with van der Waals surface area (Å²) in [7, 11) is 0. The summed E-state index contributed by atoms with van der Waals surface area (Å²) >= 11 is 0. The number of benzene rings is 1. The summed E-state index contributed by atoms with van der Waals surface area (Å²) in [5.41, 5.74) is 0.968. The number of ether oxygens (including phenoxy) is 2. The van der Waals surface area contributed by atoms with Crippen molar-refractivity contribution in [2.24, 2.45) is 0 Å². The summed E-state index contributed by atoms with van der Waals surface area (Å²) < 4.78 is 34.0. The summed E-state index contributed by atoms with van der Waals surface area (Å²) in [6, 6.07) is 6.57. The Morgan fingerprint density at radius 1 is 1.17 bits per heavy atom. The van der Waals surface area contributed by atoms with Crippen molar-refractivity contribution >= 4 is 0 Å². The monoisotopic (exact) mass is 257 g/mol. The Bertz CT molecular complexity index is 351. The number of rotatable bonds is 5. The normalized spacial score (nSPS) is 17.1. The van der Waals surface area contributed by atoms with E-state index in [9.17, 15) is 8.78 Å². The van der Waals surface area contributed by atoms with Gasteiger partial charge < -0.3 is 14.8 Å². The maximum atomic E-state index is 12.0. The molecule has 1 saturated heterocycles. The van der Waals surface area contributed by atoms with E-state index < -0.39 is 6.61 Å². The van der Waals surface area contributed by atoms with Gasteiger partial charge in [0.1, 0.15) is 5.75 Å². The van der Waals surface area contributed by atoms with Gasteiger partial charge in [0.2, 0.25) is 0 Å². The van der Waals surface area contributed by atoms with Gasteiger partial charge in [-0.3, -0.25) is 0 Å². The van der Waals surface area contributed by atoms with E-state index in [1.807, 2.05) is 0 Å². The molecule has 1 heterocycles. The Morgan fingerprint density at radius 3 is 2.44 bits per heavy atom. The zero-order valence-electron chi connectivity index (χ0n) is 10.1. The first-order valence-corrected chi connectivity index (χ1v) is 6.10. The maximum Gasteiger partial charge on any atom is 0.387 e. The maximum absolute atomic E-state index is 12.0. The van der Waals surface area contributed by atoms with Crippen molar-refractivity contribution in [2.45, 2.75) is 32.2 Å². The van der Waals surface area contributed by atoms with Gasteiger partial charge in [0.25, 0.3) is 0 Å². The molecule has 0 atom stereocenters. The number of piperidine rings is 1. The van der Waals surface area contributed by atoms with Crippen LogP contribution in [-0.4, -0.2) is 25.8 Å². The molecule has 0 aliphatic carbocycles. The molecule has 2 rings (SSSR count). The van der Waals surface area contributed by atoms with Crippen LogP contribution in [0.15, 0.2) is 24.3 Å². The molecule has 1 fully saturated rings. The molecule has 0 radical (unpaired) electrons. The summed E-state index contributed by atoms with van der Waals surface area (Å²) in [5.74, 6) is 0.176. The molecule has 1 aliphatic rings. The van der Waals surface area contributed by atoms with Gasteiger partial charge in [-0.05, 0) is 43.6 Å². The highest BCUT2D eigenvalue weighted by Gasteiger charge is 2.13. The van der Waals surface area contributed by atoms with Gasteiger partial charge in [-0.25, -0.2) is 0 Å². The molecule has 0 unspecified atom stereocenters. The molecule has 0 amide bonds. The Balaban J connectivity index is 1.78. The molecule has 1 N–H and O–H groups in total. The second kappa shape index (κ2) is 6.66. The van der Waals surface area contributed by atoms with Crippen LogP contribution in [0.2, 0.25) is 0 Å². The second-order valence-corrected chi connectivity index (χ2v) is 4.28. The van der Waals surface area contributed by atoms with E-state index in [-0.39, 0.29) is 5.75 Å². The van der Waals surface area contributed by atoms with Crippen molar-refractivity contribution in [2.75, 3.05) is 13.1 Å². The standard InChI is InChI=1S/C13H17F2NO2/c14-13(15)18-12-3-1-10(2-4-12)9-17-11-5-7-16-8-6-11/h1-4,11,13,16H,5-9H2. The van der Waals surface area contributed by atoms with Crippen molar-refractivity contribution in [3.8, 4) is 5.75 Å². The molecule has 100 valence electrons. The Hall–Kier alpha value is -1.20. The molecule has 18 heavy (non-hydrogen) atoms. The molecule has 0 spiro atoms. The fourth-order valence-electron chi connectivity index (χ4n) is 1.94. The first-order chi connectivity index (χ1) is 8.74. The van der Waals surface area contributed by atoms with Crippen LogP contribution in [-0.2, 0) is 11.3 Å². The average Bonchev–Trinajstić information content (AvgIpc) is 2.38. The van der Waals surface area contributed by atoms with E-state index in [1.165, 1.54) is 12.1 Å². The average molecular weight is 257 g/mol. The molecular formula is C13H17F2NO2. The van der Waals surface area contributed by atoms with Crippen molar-refractivity contribution in [3.05, 3.63) is 29.8 Å². The molecule has 0 aromatic heterocycles. The Labute approximate surface area is 105 Å². The SMILES string of the molecule is FC(F)Oc1ccc(COC2CCNCC2)cc1. The lowest BCUT2D eigenvalue weighted by Gasteiger charge is -2.22. The van der Waals surface area contributed by atoms with Crippen LogP contribution in [0.25, 0.3) is 0 Å². The molecule has 1 aromatic carbocycles. The van der Waals surface area contributed by atoms with Crippen LogP contribution >= 0.6 is 0 Å². The fraction of sp³-hybridized carbons (Fsp3) is 0.538. The number of halogens is 2. The van der Waals surface area contributed by atoms with Crippen LogP contribution in [0.5, 0.6) is 5.75 Å². The van der Waals surface area contributed by atoms with Crippen LogP contribution in [0.4, 0.5) is 8.78 Å². The van der Waals surface area contributed by atoms with Crippen molar-refractivity contribution in [1.29, 1.82) is 0 Å². The third-order valence-corrected chi connectivity index (χ3v) is 2.92. The number of hydrogen-bond acceptors (Lipinski definition) is 3. The summed E-state index contributed by atoms with van der Waals surface area (Å²) in [5, 5.41) is 3.27. The summed E-state index contributed by atoms with van der Waals surface area (Å²) in [4.78, 5) is 0.